The Labute approximate surface area is 86.2 Å². The maximum absolute atomic E-state index is 6.01. The van der Waals surface area contributed by atoms with Crippen molar-refractivity contribution in [3.63, 3.8) is 0 Å². The predicted octanol–water partition coefficient (Wildman–Crippen LogP) is 2.62. The highest BCUT2D eigenvalue weighted by Crippen LogP contribution is 2.31. The van der Waals surface area contributed by atoms with Crippen LogP contribution in [0.25, 0.3) is 0 Å². The van der Waals surface area contributed by atoms with Gasteiger partial charge in [-0.15, -0.1) is 0 Å². The van der Waals surface area contributed by atoms with Crippen molar-refractivity contribution in [2.75, 3.05) is 6.61 Å². The summed E-state index contributed by atoms with van der Waals surface area (Å²) in [6, 6.07) is 6.13. The van der Waals surface area contributed by atoms with Gasteiger partial charge in [0.2, 0.25) is 0 Å². The van der Waals surface area contributed by atoms with Gasteiger partial charge in [-0.2, -0.15) is 0 Å². The Kier molecular flexibility index (Phi) is 2.56. The van der Waals surface area contributed by atoms with Gasteiger partial charge in [0.1, 0.15) is 5.75 Å². The van der Waals surface area contributed by atoms with Gasteiger partial charge < -0.3 is 10.5 Å². The van der Waals surface area contributed by atoms with Gasteiger partial charge in [0.05, 0.1) is 6.61 Å². The fourth-order valence-electron chi connectivity index (χ4n) is 1.58. The lowest BCUT2D eigenvalue weighted by Crippen LogP contribution is -2.08. The molecule has 1 aromatic carbocycles. The van der Waals surface area contributed by atoms with Gasteiger partial charge in [-0.3, -0.25) is 0 Å². The Morgan fingerprint density at radius 1 is 1.46 bits per heavy atom. The summed E-state index contributed by atoms with van der Waals surface area (Å²) in [4.78, 5) is 0. The van der Waals surface area contributed by atoms with Crippen molar-refractivity contribution in [1.29, 1.82) is 0 Å². The van der Waals surface area contributed by atoms with Crippen LogP contribution in [0.2, 0.25) is 0 Å². The van der Waals surface area contributed by atoms with Crippen molar-refractivity contribution in [3.05, 3.63) is 28.2 Å². The first-order valence-corrected chi connectivity index (χ1v) is 5.24. The minimum Gasteiger partial charge on any atom is -0.493 e. The van der Waals surface area contributed by atoms with Crippen LogP contribution in [0.5, 0.6) is 5.75 Å². The van der Waals surface area contributed by atoms with E-state index in [0.29, 0.717) is 0 Å². The summed E-state index contributed by atoms with van der Waals surface area (Å²) < 4.78 is 6.64. The quantitative estimate of drug-likeness (QED) is 0.758. The fraction of sp³-hybridized carbons (Fsp3) is 0.400. The van der Waals surface area contributed by atoms with Crippen molar-refractivity contribution in [3.8, 4) is 5.75 Å². The van der Waals surface area contributed by atoms with E-state index in [0.717, 1.165) is 35.2 Å². The minimum atomic E-state index is 0.120. The van der Waals surface area contributed by atoms with Crippen LogP contribution >= 0.6 is 15.9 Å². The number of benzene rings is 1. The summed E-state index contributed by atoms with van der Waals surface area (Å²) in [6.07, 6.45) is 2.04. The fourth-order valence-corrected chi connectivity index (χ4v) is 1.96. The number of halogens is 1. The monoisotopic (exact) mass is 241 g/mol. The molecular weight excluding hydrogens is 230 g/mol. The molecule has 1 aliphatic rings. The summed E-state index contributed by atoms with van der Waals surface area (Å²) in [6.45, 7) is 0.780. The third-order valence-corrected chi connectivity index (χ3v) is 2.78. The molecule has 2 N–H and O–H groups in total. The second kappa shape index (κ2) is 3.68. The predicted molar refractivity (Wildman–Crippen MR) is 55.8 cm³/mol. The zero-order valence-electron chi connectivity index (χ0n) is 7.29. The molecule has 0 amide bonds. The molecule has 1 heterocycles. The first kappa shape index (κ1) is 9.03. The number of hydrogen-bond donors (Lipinski definition) is 1. The molecule has 1 aliphatic heterocycles. The maximum Gasteiger partial charge on any atom is 0.124 e. The third kappa shape index (κ3) is 1.86. The lowest BCUT2D eigenvalue weighted by atomic mass is 10.0. The second-order valence-corrected chi connectivity index (χ2v) is 4.20. The Hall–Kier alpha value is -0.540. The average molecular weight is 242 g/mol. The van der Waals surface area contributed by atoms with Crippen LogP contribution in [-0.4, -0.2) is 6.61 Å². The molecule has 0 radical (unpaired) electrons. The van der Waals surface area contributed by atoms with Gasteiger partial charge in [-0.05, 0) is 31.0 Å². The van der Waals surface area contributed by atoms with E-state index in [1.165, 1.54) is 0 Å². The highest BCUT2D eigenvalue weighted by molar-refractivity contribution is 9.10. The third-order valence-electron chi connectivity index (χ3n) is 2.29. The van der Waals surface area contributed by atoms with Crippen molar-refractivity contribution in [2.24, 2.45) is 5.73 Å². The number of fused-ring (bicyclic) bond motifs is 1. The minimum absolute atomic E-state index is 0.120. The highest BCUT2D eigenvalue weighted by Gasteiger charge is 2.15. The zero-order chi connectivity index (χ0) is 9.26. The van der Waals surface area contributed by atoms with Gasteiger partial charge in [0.25, 0.3) is 0 Å². The molecule has 0 unspecified atom stereocenters. The van der Waals surface area contributed by atoms with Gasteiger partial charge in [-0.1, -0.05) is 15.9 Å². The van der Waals surface area contributed by atoms with E-state index in [2.05, 4.69) is 15.9 Å². The van der Waals surface area contributed by atoms with E-state index in [4.69, 9.17) is 10.5 Å². The van der Waals surface area contributed by atoms with Crippen LogP contribution in [0.3, 0.4) is 0 Å². The molecule has 70 valence electrons. The molecule has 2 rings (SSSR count). The smallest absolute Gasteiger partial charge is 0.124 e. The molecule has 1 aromatic rings. The topological polar surface area (TPSA) is 35.2 Å². The van der Waals surface area contributed by atoms with Crippen LogP contribution in [0.15, 0.2) is 22.7 Å². The van der Waals surface area contributed by atoms with Crippen LogP contribution in [0.1, 0.15) is 24.4 Å². The van der Waals surface area contributed by atoms with Gasteiger partial charge >= 0.3 is 0 Å². The molecule has 0 aromatic heterocycles. The molecule has 0 saturated carbocycles. The van der Waals surface area contributed by atoms with E-state index in [9.17, 15) is 0 Å². The average Bonchev–Trinajstić information content (AvgIpc) is 2.29. The second-order valence-electron chi connectivity index (χ2n) is 3.28. The molecule has 3 heteroatoms. The highest BCUT2D eigenvalue weighted by atomic mass is 79.9. The number of rotatable bonds is 0. The van der Waals surface area contributed by atoms with Crippen molar-refractivity contribution in [1.82, 2.24) is 0 Å². The van der Waals surface area contributed by atoms with E-state index in [-0.39, 0.29) is 6.04 Å². The SMILES string of the molecule is N[C@H]1CCCOc2ccc(Br)cc21. The van der Waals surface area contributed by atoms with Gasteiger partial charge in [0, 0.05) is 16.1 Å². The van der Waals surface area contributed by atoms with Gasteiger partial charge in [-0.25, -0.2) is 0 Å². The van der Waals surface area contributed by atoms with E-state index in [1.807, 2.05) is 18.2 Å². The summed E-state index contributed by atoms with van der Waals surface area (Å²) in [7, 11) is 0. The summed E-state index contributed by atoms with van der Waals surface area (Å²) in [5.74, 6) is 0.938. The lowest BCUT2D eigenvalue weighted by Gasteiger charge is -2.11. The summed E-state index contributed by atoms with van der Waals surface area (Å²) in [5.41, 5.74) is 7.13. The summed E-state index contributed by atoms with van der Waals surface area (Å²) >= 11 is 3.43. The molecule has 2 nitrogen and oxygen atoms in total. The van der Waals surface area contributed by atoms with Crippen molar-refractivity contribution in [2.45, 2.75) is 18.9 Å². The number of nitrogens with two attached hydrogens (primary N) is 1. The maximum atomic E-state index is 6.01. The normalized spacial score (nSPS) is 21.5. The number of ether oxygens (including phenoxy) is 1. The molecule has 0 bridgehead atoms. The van der Waals surface area contributed by atoms with E-state index in [1.54, 1.807) is 0 Å². The largest absolute Gasteiger partial charge is 0.493 e. The molecule has 0 saturated heterocycles. The molecule has 13 heavy (non-hydrogen) atoms. The Bertz CT molecular complexity index is 314. The zero-order valence-corrected chi connectivity index (χ0v) is 8.88. The van der Waals surface area contributed by atoms with Crippen LogP contribution in [0, 0.1) is 0 Å². The van der Waals surface area contributed by atoms with Gasteiger partial charge in [0.15, 0.2) is 0 Å². The standard InChI is InChI=1S/C10H12BrNO/c11-7-3-4-10-8(6-7)9(12)2-1-5-13-10/h3-4,6,9H,1-2,5,12H2/t9-/m0/s1. The summed E-state index contributed by atoms with van der Waals surface area (Å²) in [5, 5.41) is 0. The molecular formula is C10H12BrNO. The Balaban J connectivity index is 2.43. The molecule has 0 spiro atoms. The molecule has 1 atom stereocenters. The van der Waals surface area contributed by atoms with Crippen LogP contribution in [0.4, 0.5) is 0 Å². The van der Waals surface area contributed by atoms with E-state index < -0.39 is 0 Å². The van der Waals surface area contributed by atoms with Crippen LogP contribution < -0.4 is 10.5 Å². The van der Waals surface area contributed by atoms with Crippen molar-refractivity contribution < 1.29 is 4.74 Å². The van der Waals surface area contributed by atoms with E-state index >= 15 is 0 Å². The first-order chi connectivity index (χ1) is 6.27. The lowest BCUT2D eigenvalue weighted by molar-refractivity contribution is 0.316. The van der Waals surface area contributed by atoms with Crippen LogP contribution in [-0.2, 0) is 0 Å². The first-order valence-electron chi connectivity index (χ1n) is 4.45. The molecule has 0 fully saturated rings. The Morgan fingerprint density at radius 3 is 3.15 bits per heavy atom. The molecule has 0 aliphatic carbocycles. The Morgan fingerprint density at radius 2 is 2.31 bits per heavy atom. The van der Waals surface area contributed by atoms with Crippen molar-refractivity contribution >= 4 is 15.9 Å². The number of hydrogen-bond acceptors (Lipinski definition) is 2.